The first-order valence-corrected chi connectivity index (χ1v) is 11.2. The van der Waals surface area contributed by atoms with Crippen LogP contribution in [-0.2, 0) is 4.79 Å². The molecule has 0 atom stereocenters. The van der Waals surface area contributed by atoms with Gasteiger partial charge >= 0.3 is 0 Å². The fourth-order valence-corrected chi connectivity index (χ4v) is 5.20. The number of anilines is 1. The molecular formula is C21H16N6OS2. The van der Waals surface area contributed by atoms with Crippen LogP contribution < -0.4 is 5.32 Å². The van der Waals surface area contributed by atoms with Crippen LogP contribution in [0.4, 0.5) is 5.13 Å². The van der Waals surface area contributed by atoms with Crippen molar-refractivity contribution >= 4 is 50.0 Å². The fourth-order valence-electron chi connectivity index (χ4n) is 3.31. The lowest BCUT2D eigenvalue weighted by atomic mass is 10.2. The highest BCUT2D eigenvalue weighted by molar-refractivity contribution is 7.99. The van der Waals surface area contributed by atoms with Gasteiger partial charge in [0.2, 0.25) is 5.91 Å². The minimum atomic E-state index is 0.0859. The molecule has 1 aromatic carbocycles. The highest BCUT2D eigenvalue weighted by Gasteiger charge is 2.30. The van der Waals surface area contributed by atoms with Crippen molar-refractivity contribution in [2.24, 2.45) is 5.92 Å². The molecule has 4 heterocycles. The van der Waals surface area contributed by atoms with E-state index in [-0.39, 0.29) is 11.8 Å². The van der Waals surface area contributed by atoms with Crippen LogP contribution in [0.5, 0.6) is 0 Å². The number of H-pyrrole nitrogens is 1. The molecule has 9 heteroatoms. The number of thiazole rings is 1. The lowest BCUT2D eigenvalue weighted by Crippen LogP contribution is -2.12. The third-order valence-corrected chi connectivity index (χ3v) is 7.00. The second-order valence-electron chi connectivity index (χ2n) is 7.24. The average Bonchev–Trinajstić information content (AvgIpc) is 3.14. The summed E-state index contributed by atoms with van der Waals surface area (Å²) >= 11 is 3.16. The molecule has 148 valence electrons. The van der Waals surface area contributed by atoms with Crippen molar-refractivity contribution in [2.45, 2.75) is 22.8 Å². The summed E-state index contributed by atoms with van der Waals surface area (Å²) in [6.07, 6.45) is 9.62. The van der Waals surface area contributed by atoms with E-state index >= 15 is 0 Å². The number of aromatic nitrogens is 5. The topological polar surface area (TPSA) is 88.0 Å². The van der Waals surface area contributed by atoms with Crippen LogP contribution in [0.15, 0.2) is 65.0 Å². The summed E-state index contributed by atoms with van der Waals surface area (Å²) in [5.41, 5.74) is 3.91. The van der Waals surface area contributed by atoms with E-state index in [0.29, 0.717) is 5.13 Å². The summed E-state index contributed by atoms with van der Waals surface area (Å²) in [5, 5.41) is 11.5. The minimum absolute atomic E-state index is 0.0859. The van der Waals surface area contributed by atoms with Gasteiger partial charge in [0.1, 0.15) is 10.7 Å². The second kappa shape index (κ2) is 6.96. The summed E-state index contributed by atoms with van der Waals surface area (Å²) in [7, 11) is 0. The maximum Gasteiger partial charge on any atom is 0.229 e. The van der Waals surface area contributed by atoms with Gasteiger partial charge in [-0.05, 0) is 43.2 Å². The number of nitrogens with one attached hydrogen (secondary N) is 2. The Morgan fingerprint density at radius 1 is 1.20 bits per heavy atom. The van der Waals surface area contributed by atoms with Crippen molar-refractivity contribution in [3.8, 4) is 11.1 Å². The molecule has 1 aliphatic carbocycles. The molecule has 5 aromatic rings. The van der Waals surface area contributed by atoms with Crippen molar-refractivity contribution in [3.63, 3.8) is 0 Å². The van der Waals surface area contributed by atoms with Crippen LogP contribution in [0.2, 0.25) is 0 Å². The smallest absolute Gasteiger partial charge is 0.229 e. The molecule has 0 unspecified atom stereocenters. The van der Waals surface area contributed by atoms with Gasteiger partial charge in [0, 0.05) is 34.3 Å². The van der Waals surface area contributed by atoms with Crippen molar-refractivity contribution in [1.82, 2.24) is 24.6 Å². The van der Waals surface area contributed by atoms with E-state index in [2.05, 4.69) is 48.2 Å². The molecule has 6 rings (SSSR count). The molecule has 1 aliphatic rings. The molecule has 0 aliphatic heterocycles. The zero-order valence-electron chi connectivity index (χ0n) is 15.7. The van der Waals surface area contributed by atoms with Crippen LogP contribution in [-0.4, -0.2) is 30.5 Å². The van der Waals surface area contributed by atoms with E-state index in [1.165, 1.54) is 11.3 Å². The van der Waals surface area contributed by atoms with Crippen molar-refractivity contribution in [2.75, 3.05) is 5.32 Å². The predicted molar refractivity (Wildman–Crippen MR) is 118 cm³/mol. The number of aromatic amines is 1. The maximum absolute atomic E-state index is 12.0. The van der Waals surface area contributed by atoms with Gasteiger partial charge in [-0.2, -0.15) is 5.10 Å². The number of hydrogen-bond donors (Lipinski definition) is 2. The number of hydrogen-bond acceptors (Lipinski definition) is 6. The molecule has 30 heavy (non-hydrogen) atoms. The molecule has 0 radical (unpaired) electrons. The van der Waals surface area contributed by atoms with Crippen LogP contribution in [0.1, 0.15) is 12.8 Å². The number of carbonyl (C=O) groups is 1. The Morgan fingerprint density at radius 3 is 2.97 bits per heavy atom. The van der Waals surface area contributed by atoms with Crippen LogP contribution in [0.3, 0.4) is 0 Å². The highest BCUT2D eigenvalue weighted by atomic mass is 32.2. The summed E-state index contributed by atoms with van der Waals surface area (Å²) in [5.74, 6) is 0.257. The standard InChI is InChI=1S/C21H16N6OS2/c28-20(12-1-2-12)26-21-25-16-5-4-15(7-17(16)30-21)29-19-10-22-18-6-3-13(11-27(18)19)14-8-23-24-9-14/h3-12H,1-2H2,(H,23,24)(H,25,26,28). The van der Waals surface area contributed by atoms with E-state index in [1.54, 1.807) is 11.8 Å². The van der Waals surface area contributed by atoms with Gasteiger partial charge in [0.25, 0.3) is 0 Å². The molecule has 2 N–H and O–H groups in total. The molecular weight excluding hydrogens is 416 g/mol. The first-order valence-electron chi connectivity index (χ1n) is 9.58. The maximum atomic E-state index is 12.0. The van der Waals surface area contributed by atoms with Crippen molar-refractivity contribution in [3.05, 3.63) is 55.1 Å². The molecule has 1 amide bonds. The summed E-state index contributed by atoms with van der Waals surface area (Å²) in [4.78, 5) is 22.2. The first kappa shape index (κ1) is 17.7. The normalized spacial score (nSPS) is 13.9. The number of imidazole rings is 1. The Balaban J connectivity index is 1.29. The van der Waals surface area contributed by atoms with Gasteiger partial charge in [0.15, 0.2) is 5.13 Å². The van der Waals surface area contributed by atoms with Crippen LogP contribution in [0.25, 0.3) is 27.0 Å². The SMILES string of the molecule is O=C(Nc1nc2ccc(Sc3cnc4ccc(-c5cn[nH]c5)cn34)cc2s1)C1CC1. The molecule has 0 bridgehead atoms. The van der Waals surface area contributed by atoms with E-state index in [4.69, 9.17) is 0 Å². The number of carbonyl (C=O) groups excluding carboxylic acids is 1. The average molecular weight is 433 g/mol. The Hall–Kier alpha value is -3.17. The van der Waals surface area contributed by atoms with Gasteiger partial charge in [0.05, 0.1) is 22.6 Å². The molecule has 7 nitrogen and oxygen atoms in total. The number of pyridine rings is 1. The Labute approximate surface area is 179 Å². The Kier molecular flexibility index (Phi) is 4.10. The van der Waals surface area contributed by atoms with E-state index in [1.807, 2.05) is 36.8 Å². The Bertz CT molecular complexity index is 1380. The predicted octanol–water partition coefficient (Wildman–Crippen LogP) is 4.83. The van der Waals surface area contributed by atoms with Gasteiger partial charge in [-0.1, -0.05) is 23.1 Å². The van der Waals surface area contributed by atoms with Gasteiger partial charge < -0.3 is 5.32 Å². The van der Waals surface area contributed by atoms with E-state index in [9.17, 15) is 4.79 Å². The fraction of sp³-hybridized carbons (Fsp3) is 0.143. The lowest BCUT2D eigenvalue weighted by Gasteiger charge is -2.04. The highest BCUT2D eigenvalue weighted by Crippen LogP contribution is 2.35. The second-order valence-corrected chi connectivity index (χ2v) is 9.37. The number of benzene rings is 1. The minimum Gasteiger partial charge on any atom is -0.302 e. The monoisotopic (exact) mass is 432 g/mol. The number of fused-ring (bicyclic) bond motifs is 2. The van der Waals surface area contributed by atoms with E-state index < -0.39 is 0 Å². The van der Waals surface area contributed by atoms with Crippen molar-refractivity contribution in [1.29, 1.82) is 0 Å². The van der Waals surface area contributed by atoms with Gasteiger partial charge in [-0.3, -0.25) is 14.3 Å². The number of rotatable bonds is 5. The van der Waals surface area contributed by atoms with Crippen LogP contribution in [0, 0.1) is 5.92 Å². The largest absolute Gasteiger partial charge is 0.302 e. The molecule has 4 aromatic heterocycles. The molecule has 0 spiro atoms. The summed E-state index contributed by atoms with van der Waals surface area (Å²) in [6, 6.07) is 10.2. The Morgan fingerprint density at radius 2 is 2.13 bits per heavy atom. The lowest BCUT2D eigenvalue weighted by molar-refractivity contribution is -0.117. The molecule has 1 fully saturated rings. The number of amides is 1. The van der Waals surface area contributed by atoms with Crippen molar-refractivity contribution < 1.29 is 4.79 Å². The summed E-state index contributed by atoms with van der Waals surface area (Å²) < 4.78 is 3.14. The quantitative estimate of drug-likeness (QED) is 0.415. The third kappa shape index (κ3) is 3.25. The molecule has 0 saturated heterocycles. The molecule has 1 saturated carbocycles. The number of nitrogens with zero attached hydrogens (tertiary/aromatic N) is 4. The third-order valence-electron chi connectivity index (χ3n) is 5.06. The van der Waals surface area contributed by atoms with Gasteiger partial charge in [-0.15, -0.1) is 0 Å². The van der Waals surface area contributed by atoms with E-state index in [0.717, 1.165) is 49.8 Å². The summed E-state index contributed by atoms with van der Waals surface area (Å²) in [6.45, 7) is 0. The first-order chi connectivity index (χ1) is 14.7. The zero-order chi connectivity index (χ0) is 20.1. The van der Waals surface area contributed by atoms with Gasteiger partial charge in [-0.25, -0.2) is 9.97 Å². The van der Waals surface area contributed by atoms with Crippen LogP contribution >= 0.6 is 23.1 Å². The zero-order valence-corrected chi connectivity index (χ0v) is 17.3.